The number of benzene rings is 2. The molecule has 7 heteroatoms. The van der Waals surface area contributed by atoms with E-state index in [1.165, 1.54) is 20.4 Å². The minimum absolute atomic E-state index is 0.377. The van der Waals surface area contributed by atoms with E-state index in [1.54, 1.807) is 31.4 Å². The molecule has 0 radical (unpaired) electrons. The molecule has 0 aromatic heterocycles. The summed E-state index contributed by atoms with van der Waals surface area (Å²) in [5.74, 6) is 1.32. The van der Waals surface area contributed by atoms with Crippen LogP contribution in [0.25, 0.3) is 0 Å². The maximum Gasteiger partial charge on any atom is 0.271 e. The Morgan fingerprint density at radius 2 is 1.71 bits per heavy atom. The molecule has 0 fully saturated rings. The molecule has 0 bridgehead atoms. The highest BCUT2D eigenvalue weighted by atomic mass is 79.9. The number of carbonyl (C=O) groups is 1. The molecule has 0 aliphatic carbocycles. The van der Waals surface area contributed by atoms with Crippen molar-refractivity contribution in [2.75, 3.05) is 21.3 Å². The van der Waals surface area contributed by atoms with Gasteiger partial charge in [-0.2, -0.15) is 5.10 Å². The van der Waals surface area contributed by atoms with Crippen LogP contribution in [-0.4, -0.2) is 33.5 Å². The minimum Gasteiger partial charge on any atom is -0.497 e. The van der Waals surface area contributed by atoms with E-state index in [-0.39, 0.29) is 5.91 Å². The van der Waals surface area contributed by atoms with Gasteiger partial charge in [0.2, 0.25) is 0 Å². The van der Waals surface area contributed by atoms with E-state index in [4.69, 9.17) is 14.2 Å². The third-order valence-corrected chi connectivity index (χ3v) is 3.67. The maximum atomic E-state index is 12.2. The molecule has 0 atom stereocenters. The van der Waals surface area contributed by atoms with Crippen molar-refractivity contribution in [1.29, 1.82) is 0 Å². The van der Waals surface area contributed by atoms with Gasteiger partial charge in [-0.25, -0.2) is 5.43 Å². The van der Waals surface area contributed by atoms with Gasteiger partial charge in [-0.1, -0.05) is 15.9 Å². The summed E-state index contributed by atoms with van der Waals surface area (Å²) < 4.78 is 16.4. The fourth-order valence-electron chi connectivity index (χ4n) is 1.97. The molecule has 2 aromatic rings. The second-order valence-corrected chi connectivity index (χ2v) is 5.60. The maximum absolute atomic E-state index is 12.2. The lowest BCUT2D eigenvalue weighted by molar-refractivity contribution is 0.0954. The Morgan fingerprint density at radius 1 is 1.04 bits per heavy atom. The van der Waals surface area contributed by atoms with Crippen LogP contribution in [0.2, 0.25) is 0 Å². The number of nitrogens with zero attached hydrogens (tertiary/aromatic N) is 1. The highest BCUT2D eigenvalue weighted by Gasteiger charge is 2.09. The van der Waals surface area contributed by atoms with E-state index in [1.807, 2.05) is 12.1 Å². The van der Waals surface area contributed by atoms with Crippen LogP contribution in [0.5, 0.6) is 17.2 Å². The summed E-state index contributed by atoms with van der Waals surface area (Å²) in [6, 6.07) is 10.4. The summed E-state index contributed by atoms with van der Waals surface area (Å²) in [5, 5.41) is 3.97. The van der Waals surface area contributed by atoms with E-state index in [9.17, 15) is 4.79 Å². The average molecular weight is 393 g/mol. The van der Waals surface area contributed by atoms with Crippen LogP contribution < -0.4 is 19.6 Å². The summed E-state index contributed by atoms with van der Waals surface area (Å²) in [6.07, 6.45) is 1.51. The Hall–Kier alpha value is -2.54. The zero-order valence-electron chi connectivity index (χ0n) is 13.5. The Kier molecular flexibility index (Phi) is 6.20. The first-order valence-electron chi connectivity index (χ1n) is 6.97. The molecule has 0 aliphatic heterocycles. The molecule has 0 heterocycles. The number of hydrazone groups is 1. The monoisotopic (exact) mass is 392 g/mol. The normalized spacial score (nSPS) is 10.5. The first-order valence-corrected chi connectivity index (χ1v) is 7.76. The van der Waals surface area contributed by atoms with Crippen molar-refractivity contribution >= 4 is 28.1 Å². The highest BCUT2D eigenvalue weighted by Crippen LogP contribution is 2.23. The topological polar surface area (TPSA) is 69.2 Å². The van der Waals surface area contributed by atoms with Crippen LogP contribution in [0, 0.1) is 0 Å². The van der Waals surface area contributed by atoms with Crippen molar-refractivity contribution in [3.05, 3.63) is 52.0 Å². The molecule has 2 aromatic carbocycles. The second kappa shape index (κ2) is 8.35. The number of methoxy groups -OCH3 is 3. The number of hydrogen-bond acceptors (Lipinski definition) is 5. The summed E-state index contributed by atoms with van der Waals surface area (Å²) in [4.78, 5) is 12.2. The Labute approximate surface area is 148 Å². The van der Waals surface area contributed by atoms with Crippen LogP contribution >= 0.6 is 15.9 Å². The number of halogens is 1. The van der Waals surface area contributed by atoms with Gasteiger partial charge in [-0.15, -0.1) is 0 Å². The van der Waals surface area contributed by atoms with Crippen molar-refractivity contribution < 1.29 is 19.0 Å². The van der Waals surface area contributed by atoms with Crippen LogP contribution in [-0.2, 0) is 0 Å². The first-order chi connectivity index (χ1) is 11.6. The number of nitrogens with one attached hydrogen (secondary N) is 1. The average Bonchev–Trinajstić information content (AvgIpc) is 2.61. The van der Waals surface area contributed by atoms with Crippen molar-refractivity contribution in [2.24, 2.45) is 5.10 Å². The molecule has 0 unspecified atom stereocenters. The number of carbonyl (C=O) groups excluding carboxylic acids is 1. The van der Waals surface area contributed by atoms with Gasteiger partial charge >= 0.3 is 0 Å². The van der Waals surface area contributed by atoms with Gasteiger partial charge in [0.1, 0.15) is 17.2 Å². The molecular weight excluding hydrogens is 376 g/mol. The zero-order valence-corrected chi connectivity index (χ0v) is 15.1. The Bertz CT molecular complexity index is 740. The lowest BCUT2D eigenvalue weighted by Crippen LogP contribution is -2.17. The van der Waals surface area contributed by atoms with E-state index in [2.05, 4.69) is 26.5 Å². The summed E-state index contributed by atoms with van der Waals surface area (Å²) in [5.41, 5.74) is 3.58. The van der Waals surface area contributed by atoms with Gasteiger partial charge in [0.05, 0.1) is 27.5 Å². The lowest BCUT2D eigenvalue weighted by atomic mass is 10.2. The van der Waals surface area contributed by atoms with Gasteiger partial charge in [0.25, 0.3) is 5.91 Å². The number of amides is 1. The molecule has 24 heavy (non-hydrogen) atoms. The largest absolute Gasteiger partial charge is 0.497 e. The van der Waals surface area contributed by atoms with Gasteiger partial charge in [0.15, 0.2) is 0 Å². The molecule has 0 aliphatic rings. The number of hydrogen-bond donors (Lipinski definition) is 1. The standard InChI is InChI=1S/C17H17BrN2O4/c1-22-14-7-11(8-15(9-14)23-2)17(21)20-19-10-12-6-13(18)4-5-16(12)24-3/h4-10H,1-3H3,(H,20,21)/b19-10+. The number of rotatable bonds is 6. The van der Waals surface area contributed by atoms with E-state index in [0.717, 1.165) is 10.0 Å². The molecule has 1 N–H and O–H groups in total. The third-order valence-electron chi connectivity index (χ3n) is 3.18. The third kappa shape index (κ3) is 4.48. The zero-order chi connectivity index (χ0) is 17.5. The fraction of sp³-hybridized carbons (Fsp3) is 0.176. The molecule has 0 spiro atoms. The summed E-state index contributed by atoms with van der Waals surface area (Å²) >= 11 is 3.38. The molecule has 1 amide bonds. The van der Waals surface area contributed by atoms with E-state index in [0.29, 0.717) is 22.8 Å². The van der Waals surface area contributed by atoms with Crippen LogP contribution in [0.15, 0.2) is 46.0 Å². The molecule has 0 saturated carbocycles. The molecule has 126 valence electrons. The van der Waals surface area contributed by atoms with Gasteiger partial charge in [-0.05, 0) is 30.3 Å². The van der Waals surface area contributed by atoms with Crippen LogP contribution in [0.3, 0.4) is 0 Å². The lowest BCUT2D eigenvalue weighted by Gasteiger charge is -2.07. The first kappa shape index (κ1) is 17.8. The van der Waals surface area contributed by atoms with E-state index < -0.39 is 0 Å². The minimum atomic E-state index is -0.377. The van der Waals surface area contributed by atoms with Crippen molar-refractivity contribution in [2.45, 2.75) is 0 Å². The van der Waals surface area contributed by atoms with Gasteiger partial charge in [-0.3, -0.25) is 4.79 Å². The molecule has 2 rings (SSSR count). The van der Waals surface area contributed by atoms with Crippen molar-refractivity contribution in [1.82, 2.24) is 5.43 Å². The predicted molar refractivity (Wildman–Crippen MR) is 95.3 cm³/mol. The Balaban J connectivity index is 2.15. The molecular formula is C17H17BrN2O4. The quantitative estimate of drug-likeness (QED) is 0.605. The predicted octanol–water partition coefficient (Wildman–Crippen LogP) is 3.24. The summed E-state index contributed by atoms with van der Waals surface area (Å²) in [6.45, 7) is 0. The fourth-order valence-corrected chi connectivity index (χ4v) is 2.35. The second-order valence-electron chi connectivity index (χ2n) is 4.69. The van der Waals surface area contributed by atoms with Crippen molar-refractivity contribution in [3.8, 4) is 17.2 Å². The summed E-state index contributed by atoms with van der Waals surface area (Å²) in [7, 11) is 4.62. The van der Waals surface area contributed by atoms with Gasteiger partial charge < -0.3 is 14.2 Å². The number of ether oxygens (including phenoxy) is 3. The van der Waals surface area contributed by atoms with Crippen LogP contribution in [0.1, 0.15) is 15.9 Å². The van der Waals surface area contributed by atoms with Crippen molar-refractivity contribution in [3.63, 3.8) is 0 Å². The highest BCUT2D eigenvalue weighted by molar-refractivity contribution is 9.10. The van der Waals surface area contributed by atoms with E-state index >= 15 is 0 Å². The SMILES string of the molecule is COc1cc(OC)cc(C(=O)N/N=C/c2cc(Br)ccc2OC)c1. The molecule has 6 nitrogen and oxygen atoms in total. The van der Waals surface area contributed by atoms with Gasteiger partial charge in [0, 0.05) is 21.7 Å². The Morgan fingerprint density at radius 3 is 2.29 bits per heavy atom. The van der Waals surface area contributed by atoms with Crippen LogP contribution in [0.4, 0.5) is 0 Å². The smallest absolute Gasteiger partial charge is 0.271 e. The molecule has 0 saturated heterocycles.